The largest absolute Gasteiger partial charge is 0.384 e. The van der Waals surface area contributed by atoms with Crippen LogP contribution < -0.4 is 16.1 Å². The molecule has 0 bridgehead atoms. The van der Waals surface area contributed by atoms with Crippen LogP contribution in [0.25, 0.3) is 0 Å². The summed E-state index contributed by atoms with van der Waals surface area (Å²) < 4.78 is 31.8. The van der Waals surface area contributed by atoms with Crippen molar-refractivity contribution in [2.45, 2.75) is 18.2 Å². The maximum atomic E-state index is 11.9. The Kier molecular flexibility index (Phi) is 6.68. The van der Waals surface area contributed by atoms with Crippen LogP contribution in [0.3, 0.4) is 0 Å². The number of anilines is 1. The highest BCUT2D eigenvalue weighted by Gasteiger charge is 2.19. The first-order valence-corrected chi connectivity index (χ1v) is 10.1. The van der Waals surface area contributed by atoms with Gasteiger partial charge in [0.2, 0.25) is 10.0 Å². The topological polar surface area (TPSA) is 116 Å². The van der Waals surface area contributed by atoms with Gasteiger partial charge in [0.1, 0.15) is 5.82 Å². The molecule has 24 heavy (non-hydrogen) atoms. The summed E-state index contributed by atoms with van der Waals surface area (Å²) in [6.45, 7) is 0.0619. The lowest BCUT2D eigenvalue weighted by Gasteiger charge is -2.12. The smallest absolute Gasteiger partial charge is 0.350 e. The molecule has 0 spiro atoms. The average Bonchev–Trinajstić information content (AvgIpc) is 3.05. The predicted octanol–water partition coefficient (Wildman–Crippen LogP) is -0.232. The molecule has 1 atom stereocenters. The Morgan fingerprint density at radius 2 is 2.38 bits per heavy atom. The van der Waals surface area contributed by atoms with E-state index in [-0.39, 0.29) is 30.1 Å². The predicted molar refractivity (Wildman–Crippen MR) is 94.2 cm³/mol. The number of methoxy groups -OCH3 is 1. The van der Waals surface area contributed by atoms with Gasteiger partial charge in [-0.1, -0.05) is 11.8 Å². The molecule has 1 aliphatic heterocycles. The number of thioether (sulfide) groups is 1. The lowest BCUT2D eigenvalue weighted by Crippen LogP contribution is -2.28. The van der Waals surface area contributed by atoms with Crippen molar-refractivity contribution in [3.8, 4) is 11.8 Å². The van der Waals surface area contributed by atoms with Crippen LogP contribution in [0.5, 0.6) is 0 Å². The maximum absolute atomic E-state index is 11.9. The summed E-state index contributed by atoms with van der Waals surface area (Å²) in [5.41, 5.74) is 5.76. The summed E-state index contributed by atoms with van der Waals surface area (Å²) >= 11 is 1.69. The van der Waals surface area contributed by atoms with E-state index in [4.69, 9.17) is 10.5 Å². The molecular formula is C14H20N4O4S2. The molecule has 8 nitrogen and oxygen atoms in total. The third-order valence-corrected chi connectivity index (χ3v) is 6.02. The maximum Gasteiger partial charge on any atom is 0.350 e. The number of nitrogens with one attached hydrogen (secondary N) is 1. The van der Waals surface area contributed by atoms with E-state index in [1.807, 2.05) is 0 Å². The van der Waals surface area contributed by atoms with Crippen LogP contribution in [-0.4, -0.2) is 49.7 Å². The Morgan fingerprint density at radius 3 is 3.04 bits per heavy atom. The number of ether oxygens (including phenoxy) is 1. The number of hydrogen-bond donors (Lipinski definition) is 2. The van der Waals surface area contributed by atoms with E-state index >= 15 is 0 Å². The van der Waals surface area contributed by atoms with Gasteiger partial charge in [0.05, 0.1) is 29.8 Å². The van der Waals surface area contributed by atoms with Gasteiger partial charge in [-0.3, -0.25) is 4.57 Å². The second-order valence-electron chi connectivity index (χ2n) is 5.13. The number of hydrogen-bond acceptors (Lipinski definition) is 7. The van der Waals surface area contributed by atoms with E-state index in [1.54, 1.807) is 22.5 Å². The number of sulfonamides is 1. The Labute approximate surface area is 145 Å². The molecule has 132 valence electrons. The standard InChI is InChI=1S/C14H20N4O4S2/c1-22-7-9-24(20,21)16-6-2-4-11-10-18(12-5-3-8-23-12)14(19)17-13(11)15/h10,12,16H,3,5-9H2,1H3,(H2,15,17,19)/t12-/m1/s1. The molecule has 10 heteroatoms. The minimum Gasteiger partial charge on any atom is -0.384 e. The van der Waals surface area contributed by atoms with Gasteiger partial charge in [0.25, 0.3) is 0 Å². The van der Waals surface area contributed by atoms with Crippen molar-refractivity contribution in [2.75, 3.05) is 37.5 Å². The van der Waals surface area contributed by atoms with Gasteiger partial charge in [-0.15, -0.1) is 11.8 Å². The summed E-state index contributed by atoms with van der Waals surface area (Å²) in [7, 11) is -1.99. The van der Waals surface area contributed by atoms with E-state index in [2.05, 4.69) is 21.5 Å². The first-order valence-electron chi connectivity index (χ1n) is 7.38. The van der Waals surface area contributed by atoms with Crippen LogP contribution in [-0.2, 0) is 14.8 Å². The molecule has 1 aliphatic rings. The van der Waals surface area contributed by atoms with E-state index in [0.717, 1.165) is 18.6 Å². The van der Waals surface area contributed by atoms with Crippen molar-refractivity contribution in [3.05, 3.63) is 22.2 Å². The zero-order valence-electron chi connectivity index (χ0n) is 13.3. The second kappa shape index (κ2) is 8.53. The quantitative estimate of drug-likeness (QED) is 0.663. The van der Waals surface area contributed by atoms with E-state index < -0.39 is 15.7 Å². The highest BCUT2D eigenvalue weighted by molar-refractivity contribution is 7.99. The third-order valence-electron chi connectivity index (χ3n) is 3.36. The van der Waals surface area contributed by atoms with Gasteiger partial charge in [-0.2, -0.15) is 4.98 Å². The molecule has 1 fully saturated rings. The highest BCUT2D eigenvalue weighted by Crippen LogP contribution is 2.34. The molecule has 0 radical (unpaired) electrons. The Bertz CT molecular complexity index is 789. The molecule has 0 aliphatic carbocycles. The van der Waals surface area contributed by atoms with Gasteiger partial charge in [0.15, 0.2) is 0 Å². The molecule has 0 saturated carbocycles. The molecular weight excluding hydrogens is 352 g/mol. The van der Waals surface area contributed by atoms with E-state index in [9.17, 15) is 13.2 Å². The minimum atomic E-state index is -3.42. The van der Waals surface area contributed by atoms with Crippen molar-refractivity contribution in [1.82, 2.24) is 14.3 Å². The second-order valence-corrected chi connectivity index (χ2v) is 8.34. The summed E-state index contributed by atoms with van der Waals surface area (Å²) in [4.78, 5) is 15.7. The van der Waals surface area contributed by atoms with Crippen molar-refractivity contribution in [1.29, 1.82) is 0 Å². The van der Waals surface area contributed by atoms with Gasteiger partial charge in [-0.25, -0.2) is 17.9 Å². The van der Waals surface area contributed by atoms with Crippen molar-refractivity contribution >= 4 is 27.6 Å². The Hall–Kier alpha value is -1.54. The van der Waals surface area contributed by atoms with E-state index in [0.29, 0.717) is 5.56 Å². The van der Waals surface area contributed by atoms with Crippen molar-refractivity contribution in [2.24, 2.45) is 0 Å². The minimum absolute atomic E-state index is 0.0500. The van der Waals surface area contributed by atoms with Crippen LogP contribution in [0.4, 0.5) is 5.82 Å². The molecule has 2 rings (SSSR count). The lowest BCUT2D eigenvalue weighted by atomic mass is 10.3. The molecule has 3 N–H and O–H groups in total. The Morgan fingerprint density at radius 1 is 1.58 bits per heavy atom. The molecule has 1 aromatic heterocycles. The first kappa shape index (κ1) is 18.8. The number of nitrogen functional groups attached to an aromatic ring is 1. The molecule has 0 aromatic carbocycles. The molecule has 0 amide bonds. The van der Waals surface area contributed by atoms with E-state index in [1.165, 1.54) is 7.11 Å². The van der Waals surface area contributed by atoms with Crippen molar-refractivity contribution in [3.63, 3.8) is 0 Å². The van der Waals surface area contributed by atoms with Crippen molar-refractivity contribution < 1.29 is 13.2 Å². The van der Waals surface area contributed by atoms with Gasteiger partial charge >= 0.3 is 5.69 Å². The molecule has 2 heterocycles. The highest BCUT2D eigenvalue weighted by atomic mass is 32.2. The van der Waals surface area contributed by atoms with Gasteiger partial charge < -0.3 is 10.5 Å². The molecule has 1 saturated heterocycles. The number of aromatic nitrogens is 2. The fourth-order valence-corrected chi connectivity index (χ4v) is 4.19. The first-order chi connectivity index (χ1) is 11.4. The average molecular weight is 372 g/mol. The van der Waals surface area contributed by atoms with Crippen LogP contribution in [0, 0.1) is 11.8 Å². The normalized spacial score (nSPS) is 17.5. The fourth-order valence-electron chi connectivity index (χ4n) is 2.11. The summed E-state index contributed by atoms with van der Waals surface area (Å²) in [5, 5.41) is 0.0543. The van der Waals surface area contributed by atoms with Gasteiger partial charge in [-0.05, 0) is 18.6 Å². The number of nitrogens with two attached hydrogens (primary N) is 1. The molecule has 1 aromatic rings. The van der Waals surface area contributed by atoms with Crippen LogP contribution >= 0.6 is 11.8 Å². The monoisotopic (exact) mass is 372 g/mol. The zero-order valence-corrected chi connectivity index (χ0v) is 15.0. The summed E-state index contributed by atoms with van der Waals surface area (Å²) in [6, 6.07) is 0. The SMILES string of the molecule is COCCS(=O)(=O)NCC#Cc1cn([C@H]2CCCS2)c(=O)nc1N. The van der Waals surface area contributed by atoms with Gasteiger partial charge in [0, 0.05) is 13.3 Å². The fraction of sp³-hybridized carbons (Fsp3) is 0.571. The third kappa shape index (κ3) is 5.24. The number of rotatable bonds is 6. The number of nitrogens with zero attached hydrogens (tertiary/aromatic N) is 2. The zero-order chi connectivity index (χ0) is 17.6. The summed E-state index contributed by atoms with van der Waals surface area (Å²) in [6.07, 6.45) is 3.55. The lowest BCUT2D eigenvalue weighted by molar-refractivity contribution is 0.217. The Balaban J connectivity index is 2.07. The summed E-state index contributed by atoms with van der Waals surface area (Å²) in [5.74, 6) is 6.39. The van der Waals surface area contributed by atoms with Crippen LogP contribution in [0.2, 0.25) is 0 Å². The molecule has 0 unspecified atom stereocenters. The van der Waals surface area contributed by atoms with Crippen LogP contribution in [0.1, 0.15) is 23.8 Å². The van der Waals surface area contributed by atoms with Crippen LogP contribution in [0.15, 0.2) is 11.0 Å².